The summed E-state index contributed by atoms with van der Waals surface area (Å²) in [6.07, 6.45) is 10.8. The predicted octanol–water partition coefficient (Wildman–Crippen LogP) is 4.87. The fourth-order valence-corrected chi connectivity index (χ4v) is 6.34. The summed E-state index contributed by atoms with van der Waals surface area (Å²) in [5.74, 6) is 1.31. The van der Waals surface area contributed by atoms with Crippen molar-refractivity contribution in [3.05, 3.63) is 11.6 Å². The fourth-order valence-electron chi connectivity index (χ4n) is 3.20. The summed E-state index contributed by atoms with van der Waals surface area (Å²) in [5.41, 5.74) is 1.71. The molecule has 0 spiro atoms. The van der Waals surface area contributed by atoms with Crippen molar-refractivity contribution in [3.8, 4) is 0 Å². The second-order valence-electron chi connectivity index (χ2n) is 6.19. The van der Waals surface area contributed by atoms with E-state index in [1.807, 2.05) is 0 Å². The highest BCUT2D eigenvalue weighted by Crippen LogP contribution is 2.39. The lowest BCUT2D eigenvalue weighted by Gasteiger charge is -2.37. The van der Waals surface area contributed by atoms with E-state index in [0.29, 0.717) is 6.04 Å². The molecule has 1 heterocycles. The van der Waals surface area contributed by atoms with Crippen LogP contribution >= 0.6 is 23.5 Å². The first-order valence-electron chi connectivity index (χ1n) is 8.41. The van der Waals surface area contributed by atoms with Crippen LogP contribution in [0.3, 0.4) is 0 Å². The smallest absolute Gasteiger partial charge is 0.0407 e. The van der Waals surface area contributed by atoms with Crippen LogP contribution in [0.25, 0.3) is 0 Å². The van der Waals surface area contributed by atoms with Crippen molar-refractivity contribution in [1.82, 2.24) is 5.32 Å². The molecule has 0 bridgehead atoms. The maximum absolute atomic E-state index is 3.80. The molecule has 1 fully saturated rings. The highest BCUT2D eigenvalue weighted by Gasteiger charge is 2.32. The molecule has 0 saturated carbocycles. The Bertz CT molecular complexity index is 316. The van der Waals surface area contributed by atoms with Gasteiger partial charge in [0.2, 0.25) is 0 Å². The second kappa shape index (κ2) is 8.75. The van der Waals surface area contributed by atoms with Gasteiger partial charge in [-0.3, -0.25) is 0 Å². The quantitative estimate of drug-likeness (QED) is 0.744. The number of rotatable bonds is 4. The lowest BCUT2D eigenvalue weighted by molar-refractivity contribution is 0.534. The highest BCUT2D eigenvalue weighted by molar-refractivity contribution is 8.07. The number of nitrogens with one attached hydrogen (secondary N) is 1. The van der Waals surface area contributed by atoms with Crippen molar-refractivity contribution < 1.29 is 0 Å². The first kappa shape index (κ1) is 16.8. The third kappa shape index (κ3) is 4.71. The number of allylic oxidation sites excluding steroid dienone is 1. The largest absolute Gasteiger partial charge is 0.310 e. The van der Waals surface area contributed by atoms with Crippen LogP contribution in [0, 0.1) is 0 Å². The van der Waals surface area contributed by atoms with E-state index in [1.54, 1.807) is 5.57 Å². The summed E-state index contributed by atoms with van der Waals surface area (Å²) in [4.78, 5) is 0. The van der Waals surface area contributed by atoms with Crippen molar-refractivity contribution in [3.63, 3.8) is 0 Å². The minimum atomic E-state index is 0.616. The molecule has 1 aliphatic heterocycles. The monoisotopic (exact) mass is 313 g/mol. The van der Waals surface area contributed by atoms with E-state index in [2.05, 4.69) is 55.7 Å². The lowest BCUT2D eigenvalue weighted by Crippen LogP contribution is -2.44. The molecule has 1 N–H and O–H groups in total. The fraction of sp³-hybridized carbons (Fsp3) is 0.882. The summed E-state index contributed by atoms with van der Waals surface area (Å²) in [5, 5.41) is 6.16. The van der Waals surface area contributed by atoms with Gasteiger partial charge in [-0.1, -0.05) is 45.3 Å². The van der Waals surface area contributed by atoms with E-state index in [0.717, 1.165) is 22.3 Å². The number of hydrogen-bond acceptors (Lipinski definition) is 3. The van der Waals surface area contributed by atoms with Gasteiger partial charge in [-0.2, -0.15) is 23.5 Å². The molecular formula is C17H31NS2. The van der Waals surface area contributed by atoms with Crippen LogP contribution in [-0.4, -0.2) is 34.1 Å². The molecule has 4 unspecified atom stereocenters. The molecule has 0 aromatic carbocycles. The summed E-state index contributed by atoms with van der Waals surface area (Å²) in [6, 6.07) is 0.616. The molecule has 0 amide bonds. The molecule has 0 aromatic rings. The van der Waals surface area contributed by atoms with E-state index in [1.165, 1.54) is 44.3 Å². The Morgan fingerprint density at radius 1 is 1.20 bits per heavy atom. The van der Waals surface area contributed by atoms with Gasteiger partial charge < -0.3 is 5.32 Å². The Labute approximate surface area is 134 Å². The van der Waals surface area contributed by atoms with Gasteiger partial charge in [0, 0.05) is 27.5 Å². The zero-order valence-electron chi connectivity index (χ0n) is 13.4. The minimum absolute atomic E-state index is 0.616. The molecule has 0 aromatic heterocycles. The Morgan fingerprint density at radius 2 is 2.00 bits per heavy atom. The van der Waals surface area contributed by atoms with Gasteiger partial charge in [0.05, 0.1) is 0 Å². The summed E-state index contributed by atoms with van der Waals surface area (Å²) >= 11 is 4.40. The molecule has 2 aliphatic rings. The van der Waals surface area contributed by atoms with Crippen molar-refractivity contribution in [1.29, 1.82) is 0 Å². The van der Waals surface area contributed by atoms with Gasteiger partial charge in [0.25, 0.3) is 0 Å². The number of hydrogen-bond donors (Lipinski definition) is 1. The number of thioether (sulfide) groups is 2. The van der Waals surface area contributed by atoms with Crippen molar-refractivity contribution in [2.75, 3.05) is 12.3 Å². The Kier molecular flexibility index (Phi) is 7.33. The molecule has 3 heteroatoms. The van der Waals surface area contributed by atoms with Gasteiger partial charge in [0.1, 0.15) is 0 Å². The first-order valence-corrected chi connectivity index (χ1v) is 10.4. The van der Waals surface area contributed by atoms with Crippen LogP contribution in [0.2, 0.25) is 0 Å². The molecule has 2 rings (SSSR count). The molecule has 0 radical (unpaired) electrons. The van der Waals surface area contributed by atoms with Crippen molar-refractivity contribution in [2.45, 2.75) is 81.1 Å². The van der Waals surface area contributed by atoms with Gasteiger partial charge in [-0.25, -0.2) is 0 Å². The minimum Gasteiger partial charge on any atom is -0.310 e. The maximum Gasteiger partial charge on any atom is 0.0407 e. The standard InChI is InChI=1S/C17H31NS2/c1-4-18-17(15-10-8-6-5-7-9-11-15)16-12-19-13(2)14(3)20-16/h10,13-14,16-18H,4-9,11-12H2,1-3H3. The normalized spacial score (nSPS) is 34.0. The molecule has 116 valence electrons. The van der Waals surface area contributed by atoms with Crippen molar-refractivity contribution >= 4 is 23.5 Å². The lowest BCUT2D eigenvalue weighted by atomic mass is 9.93. The SMILES string of the molecule is CCNC(C1=CCCCCCC1)C1CSC(C)C(C)S1. The molecular weight excluding hydrogens is 282 g/mol. The topological polar surface area (TPSA) is 12.0 Å². The zero-order valence-corrected chi connectivity index (χ0v) is 15.0. The van der Waals surface area contributed by atoms with E-state index >= 15 is 0 Å². The van der Waals surface area contributed by atoms with Crippen LogP contribution in [0.4, 0.5) is 0 Å². The third-order valence-electron chi connectivity index (χ3n) is 4.60. The van der Waals surface area contributed by atoms with E-state index in [9.17, 15) is 0 Å². The van der Waals surface area contributed by atoms with Crippen LogP contribution < -0.4 is 5.32 Å². The van der Waals surface area contributed by atoms with Gasteiger partial charge in [-0.05, 0) is 32.2 Å². The van der Waals surface area contributed by atoms with E-state index < -0.39 is 0 Å². The van der Waals surface area contributed by atoms with Crippen LogP contribution in [-0.2, 0) is 0 Å². The summed E-state index contributed by atoms with van der Waals surface area (Å²) in [6.45, 7) is 8.14. The maximum atomic E-state index is 3.80. The molecule has 1 aliphatic carbocycles. The van der Waals surface area contributed by atoms with Gasteiger partial charge in [0.15, 0.2) is 0 Å². The van der Waals surface area contributed by atoms with Gasteiger partial charge >= 0.3 is 0 Å². The van der Waals surface area contributed by atoms with Crippen LogP contribution in [0.1, 0.15) is 59.3 Å². The van der Waals surface area contributed by atoms with E-state index in [4.69, 9.17) is 0 Å². The van der Waals surface area contributed by atoms with Gasteiger partial charge in [-0.15, -0.1) is 0 Å². The average molecular weight is 314 g/mol. The van der Waals surface area contributed by atoms with Crippen LogP contribution in [0.15, 0.2) is 11.6 Å². The van der Waals surface area contributed by atoms with Crippen LogP contribution in [0.5, 0.6) is 0 Å². The first-order chi connectivity index (χ1) is 9.72. The Hall–Kier alpha value is 0.400. The van der Waals surface area contributed by atoms with E-state index in [-0.39, 0.29) is 0 Å². The zero-order chi connectivity index (χ0) is 14.4. The molecule has 4 atom stereocenters. The summed E-state index contributed by atoms with van der Waals surface area (Å²) < 4.78 is 0. The second-order valence-corrected chi connectivity index (χ2v) is 9.22. The molecule has 20 heavy (non-hydrogen) atoms. The number of likely N-dealkylation sites (N-methyl/N-ethyl adjacent to an activating group) is 1. The average Bonchev–Trinajstić information content (AvgIpc) is 2.40. The summed E-state index contributed by atoms with van der Waals surface area (Å²) in [7, 11) is 0. The predicted molar refractivity (Wildman–Crippen MR) is 96.0 cm³/mol. The Balaban J connectivity index is 2.04. The highest BCUT2D eigenvalue weighted by atomic mass is 32.2. The molecule has 1 saturated heterocycles. The van der Waals surface area contributed by atoms with Crippen molar-refractivity contribution in [2.24, 2.45) is 0 Å². The molecule has 1 nitrogen and oxygen atoms in total. The third-order valence-corrected chi connectivity index (χ3v) is 8.09. The Morgan fingerprint density at radius 3 is 2.75 bits per heavy atom.